The molecule has 0 fully saturated rings. The third kappa shape index (κ3) is 5.02. The van der Waals surface area contributed by atoms with E-state index < -0.39 is 0 Å². The van der Waals surface area contributed by atoms with Gasteiger partial charge in [0, 0.05) is 16.1 Å². The normalized spacial score (nSPS) is 10.6. The van der Waals surface area contributed by atoms with Gasteiger partial charge in [0.2, 0.25) is 11.6 Å². The van der Waals surface area contributed by atoms with Gasteiger partial charge in [-0.25, -0.2) is 0 Å². The van der Waals surface area contributed by atoms with Crippen molar-refractivity contribution in [1.29, 1.82) is 0 Å². The van der Waals surface area contributed by atoms with Crippen molar-refractivity contribution < 1.29 is 23.4 Å². The fourth-order valence-electron chi connectivity index (χ4n) is 2.52. The molecular weight excluding hydrogens is 416 g/mol. The Morgan fingerprint density at radius 1 is 1.10 bits per heavy atom. The summed E-state index contributed by atoms with van der Waals surface area (Å²) in [7, 11) is 3.08. The number of methoxy groups -OCH3 is 2. The van der Waals surface area contributed by atoms with Crippen molar-refractivity contribution in [3.8, 4) is 28.7 Å². The first-order valence-corrected chi connectivity index (χ1v) is 10.1. The zero-order chi connectivity index (χ0) is 20.8. The highest BCUT2D eigenvalue weighted by atomic mass is 35.5. The highest BCUT2D eigenvalue weighted by Gasteiger charge is 2.18. The molecule has 1 aromatic heterocycles. The Labute approximate surface area is 177 Å². The number of thioether (sulfide) groups is 1. The van der Waals surface area contributed by atoms with Gasteiger partial charge in [0.15, 0.2) is 17.3 Å². The fraction of sp³-hybridized carbons (Fsp3) is 0.250. The van der Waals surface area contributed by atoms with Crippen LogP contribution in [-0.2, 0) is 0 Å². The third-order valence-corrected chi connectivity index (χ3v) is 4.97. The number of Topliss-reactive ketones (excluding diaryl/α,β-unsaturated/α-hetero) is 1. The van der Waals surface area contributed by atoms with Crippen molar-refractivity contribution >= 4 is 29.1 Å². The Balaban J connectivity index is 1.75. The molecule has 0 amide bonds. The first kappa shape index (κ1) is 21.0. The van der Waals surface area contributed by atoms with Crippen molar-refractivity contribution in [2.24, 2.45) is 0 Å². The van der Waals surface area contributed by atoms with E-state index in [-0.39, 0.29) is 22.6 Å². The number of ether oxygens (including phenoxy) is 3. The molecule has 7 nitrogen and oxygen atoms in total. The van der Waals surface area contributed by atoms with Crippen molar-refractivity contribution in [3.63, 3.8) is 0 Å². The second-order valence-corrected chi connectivity index (χ2v) is 7.10. The first-order valence-electron chi connectivity index (χ1n) is 8.70. The molecule has 0 atom stereocenters. The molecule has 29 heavy (non-hydrogen) atoms. The number of hydrogen-bond acceptors (Lipinski definition) is 8. The monoisotopic (exact) mass is 434 g/mol. The number of nitrogens with zero attached hydrogens (tertiary/aromatic N) is 2. The summed E-state index contributed by atoms with van der Waals surface area (Å²) in [5, 5.41) is 8.93. The molecule has 0 saturated heterocycles. The van der Waals surface area contributed by atoms with Crippen molar-refractivity contribution in [1.82, 2.24) is 10.2 Å². The van der Waals surface area contributed by atoms with Crippen LogP contribution in [0.3, 0.4) is 0 Å². The fourth-order valence-corrected chi connectivity index (χ4v) is 3.30. The summed E-state index contributed by atoms with van der Waals surface area (Å²) < 4.78 is 22.1. The number of rotatable bonds is 9. The molecule has 0 bridgehead atoms. The molecule has 3 aromatic rings. The maximum absolute atomic E-state index is 12.3. The average Bonchev–Trinajstić information content (AvgIpc) is 3.22. The van der Waals surface area contributed by atoms with Crippen LogP contribution in [0.1, 0.15) is 17.3 Å². The lowest BCUT2D eigenvalue weighted by atomic mass is 10.1. The van der Waals surface area contributed by atoms with Crippen LogP contribution in [-0.4, -0.2) is 42.6 Å². The molecule has 3 rings (SSSR count). The van der Waals surface area contributed by atoms with Gasteiger partial charge in [0.25, 0.3) is 5.22 Å². The molecule has 152 valence electrons. The van der Waals surface area contributed by atoms with E-state index in [4.69, 9.17) is 30.2 Å². The number of hydrogen-bond donors (Lipinski definition) is 0. The Hall–Kier alpha value is -2.71. The highest BCUT2D eigenvalue weighted by molar-refractivity contribution is 7.99. The van der Waals surface area contributed by atoms with E-state index in [0.29, 0.717) is 40.0 Å². The lowest BCUT2D eigenvalue weighted by Crippen LogP contribution is -2.01. The van der Waals surface area contributed by atoms with Gasteiger partial charge in [0.05, 0.1) is 26.6 Å². The van der Waals surface area contributed by atoms with Crippen LogP contribution in [0.2, 0.25) is 5.02 Å². The van der Waals surface area contributed by atoms with Crippen LogP contribution in [0, 0.1) is 0 Å². The molecule has 0 aliphatic heterocycles. The van der Waals surface area contributed by atoms with Crippen molar-refractivity contribution in [2.75, 3.05) is 26.6 Å². The summed E-state index contributed by atoms with van der Waals surface area (Å²) in [5.41, 5.74) is 1.19. The minimum atomic E-state index is -0.0594. The molecule has 1 heterocycles. The van der Waals surface area contributed by atoms with Gasteiger partial charge in [0.1, 0.15) is 0 Å². The summed E-state index contributed by atoms with van der Waals surface area (Å²) >= 11 is 7.01. The average molecular weight is 435 g/mol. The molecular formula is C20H19ClN2O5S. The molecule has 0 saturated carbocycles. The summed E-state index contributed by atoms with van der Waals surface area (Å²) in [6.45, 7) is 2.34. The van der Waals surface area contributed by atoms with Crippen LogP contribution >= 0.6 is 23.4 Å². The quantitative estimate of drug-likeness (QED) is 0.351. The summed E-state index contributed by atoms with van der Waals surface area (Å²) in [4.78, 5) is 12.3. The number of carbonyl (C=O) groups excluding carboxylic acids is 1. The standard InChI is InChI=1S/C20H19ClN2O5S/c1-4-27-18-16(25-2)9-13(10-17(18)26-3)19-22-23-20(28-19)29-11-15(24)12-5-7-14(21)8-6-12/h5-10H,4,11H2,1-3H3. The lowest BCUT2D eigenvalue weighted by Gasteiger charge is -2.14. The maximum atomic E-state index is 12.3. The predicted octanol–water partition coefficient (Wildman–Crippen LogP) is 4.78. The molecule has 0 radical (unpaired) electrons. The molecule has 0 aliphatic carbocycles. The molecule has 0 spiro atoms. The van der Waals surface area contributed by atoms with E-state index in [1.807, 2.05) is 6.92 Å². The Bertz CT molecular complexity index is 966. The van der Waals surface area contributed by atoms with Gasteiger partial charge in [-0.15, -0.1) is 10.2 Å². The molecule has 0 aliphatic rings. The summed E-state index contributed by atoms with van der Waals surface area (Å²) in [5.74, 6) is 1.88. The Morgan fingerprint density at radius 2 is 1.76 bits per heavy atom. The highest BCUT2D eigenvalue weighted by Crippen LogP contribution is 2.41. The van der Waals surface area contributed by atoms with Crippen LogP contribution in [0.25, 0.3) is 11.5 Å². The van der Waals surface area contributed by atoms with Gasteiger partial charge in [-0.05, 0) is 43.3 Å². The van der Waals surface area contributed by atoms with E-state index in [9.17, 15) is 4.79 Å². The number of halogens is 1. The molecule has 0 unspecified atom stereocenters. The van der Waals surface area contributed by atoms with E-state index in [2.05, 4.69) is 10.2 Å². The van der Waals surface area contributed by atoms with Crippen LogP contribution in [0.5, 0.6) is 17.2 Å². The smallest absolute Gasteiger partial charge is 0.277 e. The van der Waals surface area contributed by atoms with Crippen LogP contribution in [0.15, 0.2) is 46.0 Å². The lowest BCUT2D eigenvalue weighted by molar-refractivity contribution is 0.102. The predicted molar refractivity (Wildman–Crippen MR) is 111 cm³/mol. The van der Waals surface area contributed by atoms with E-state index in [0.717, 1.165) is 11.8 Å². The van der Waals surface area contributed by atoms with Crippen LogP contribution < -0.4 is 14.2 Å². The van der Waals surface area contributed by atoms with E-state index in [1.165, 1.54) is 0 Å². The third-order valence-electron chi connectivity index (χ3n) is 3.90. The first-order chi connectivity index (χ1) is 14.0. The Kier molecular flexibility index (Phi) is 7.00. The van der Waals surface area contributed by atoms with E-state index >= 15 is 0 Å². The number of carbonyl (C=O) groups is 1. The van der Waals surface area contributed by atoms with Gasteiger partial charge < -0.3 is 18.6 Å². The SMILES string of the molecule is CCOc1c(OC)cc(-c2nnc(SCC(=O)c3ccc(Cl)cc3)o2)cc1OC. The van der Waals surface area contributed by atoms with Gasteiger partial charge in [-0.3, -0.25) is 4.79 Å². The van der Waals surface area contributed by atoms with Gasteiger partial charge in [-0.2, -0.15) is 0 Å². The largest absolute Gasteiger partial charge is 0.493 e. The second-order valence-electron chi connectivity index (χ2n) is 5.73. The zero-order valence-electron chi connectivity index (χ0n) is 16.1. The number of benzene rings is 2. The van der Waals surface area contributed by atoms with Crippen LogP contribution in [0.4, 0.5) is 0 Å². The van der Waals surface area contributed by atoms with Gasteiger partial charge in [-0.1, -0.05) is 23.4 Å². The summed E-state index contributed by atoms with van der Waals surface area (Å²) in [6, 6.07) is 10.2. The van der Waals surface area contributed by atoms with Crippen molar-refractivity contribution in [2.45, 2.75) is 12.1 Å². The number of ketones is 1. The minimum Gasteiger partial charge on any atom is -0.493 e. The maximum Gasteiger partial charge on any atom is 0.277 e. The topological polar surface area (TPSA) is 83.7 Å². The molecule has 9 heteroatoms. The summed E-state index contributed by atoms with van der Waals surface area (Å²) in [6.07, 6.45) is 0. The second kappa shape index (κ2) is 9.67. The molecule has 0 N–H and O–H groups in total. The minimum absolute atomic E-state index is 0.0594. The van der Waals surface area contributed by atoms with Crippen molar-refractivity contribution in [3.05, 3.63) is 47.0 Å². The van der Waals surface area contributed by atoms with E-state index in [1.54, 1.807) is 50.6 Å². The number of aromatic nitrogens is 2. The van der Waals surface area contributed by atoms with Gasteiger partial charge >= 0.3 is 0 Å². The molecule has 2 aromatic carbocycles. The zero-order valence-corrected chi connectivity index (χ0v) is 17.7. The Morgan fingerprint density at radius 3 is 2.34 bits per heavy atom.